The molecule has 3 rings (SSSR count). The van der Waals surface area contributed by atoms with Crippen LogP contribution in [0.25, 0.3) is 21.5 Å². The largest absolute Gasteiger partial charge is 0.462 e. The molecule has 1 N–H and O–H groups in total. The van der Waals surface area contributed by atoms with E-state index in [0.717, 1.165) is 47.5 Å². The lowest BCUT2D eigenvalue weighted by molar-refractivity contribution is 0.0495. The summed E-state index contributed by atoms with van der Waals surface area (Å²) in [6.45, 7) is 2.19. The summed E-state index contributed by atoms with van der Waals surface area (Å²) in [5.41, 5.74) is 0.569. The van der Waals surface area contributed by atoms with E-state index < -0.39 is 0 Å². The van der Waals surface area contributed by atoms with Crippen molar-refractivity contribution < 1.29 is 14.6 Å². The molecular formula is C22H24ClNO3. The number of carbonyl (C=O) groups excluding carboxylic acids is 1. The molecule has 5 heteroatoms. The molecule has 4 nitrogen and oxygen atoms in total. The monoisotopic (exact) mass is 385 g/mol. The van der Waals surface area contributed by atoms with Gasteiger partial charge in [-0.05, 0) is 30.7 Å². The summed E-state index contributed by atoms with van der Waals surface area (Å²) in [6, 6.07) is 15.3. The molecule has 0 aliphatic rings. The van der Waals surface area contributed by atoms with E-state index in [1.165, 1.54) is 0 Å². The van der Waals surface area contributed by atoms with Crippen molar-refractivity contribution in [2.45, 2.75) is 12.8 Å². The Balaban J connectivity index is 1.81. The molecule has 27 heavy (non-hydrogen) atoms. The minimum Gasteiger partial charge on any atom is -0.462 e. The third kappa shape index (κ3) is 4.41. The Labute approximate surface area is 164 Å². The van der Waals surface area contributed by atoms with Crippen molar-refractivity contribution in [1.29, 1.82) is 0 Å². The number of ether oxygens (including phenoxy) is 1. The summed E-state index contributed by atoms with van der Waals surface area (Å²) < 4.78 is 5.58. The highest BCUT2D eigenvalue weighted by molar-refractivity contribution is 6.42. The lowest BCUT2D eigenvalue weighted by Crippen LogP contribution is -2.23. The van der Waals surface area contributed by atoms with Gasteiger partial charge in [0.05, 0.1) is 17.2 Å². The second-order valence-corrected chi connectivity index (χ2v) is 7.03. The van der Waals surface area contributed by atoms with Crippen LogP contribution in [0.2, 0.25) is 5.02 Å². The van der Waals surface area contributed by atoms with E-state index >= 15 is 0 Å². The van der Waals surface area contributed by atoms with Crippen LogP contribution in [0.3, 0.4) is 0 Å². The van der Waals surface area contributed by atoms with Crippen molar-refractivity contribution in [3.63, 3.8) is 0 Å². The van der Waals surface area contributed by atoms with Crippen molar-refractivity contribution in [3.8, 4) is 0 Å². The van der Waals surface area contributed by atoms with Gasteiger partial charge in [-0.2, -0.15) is 0 Å². The smallest absolute Gasteiger partial charge is 0.339 e. The highest BCUT2D eigenvalue weighted by atomic mass is 35.5. The predicted molar refractivity (Wildman–Crippen MR) is 111 cm³/mol. The van der Waals surface area contributed by atoms with Gasteiger partial charge in [-0.3, -0.25) is 0 Å². The van der Waals surface area contributed by atoms with E-state index in [4.69, 9.17) is 21.4 Å². The molecule has 3 aromatic carbocycles. The third-order valence-electron chi connectivity index (χ3n) is 4.69. The molecule has 0 radical (unpaired) electrons. The molecular weight excluding hydrogens is 362 g/mol. The molecule has 0 atom stereocenters. The molecule has 3 aromatic rings. The van der Waals surface area contributed by atoms with Crippen molar-refractivity contribution in [3.05, 3.63) is 59.1 Å². The van der Waals surface area contributed by atoms with Crippen LogP contribution in [-0.4, -0.2) is 49.3 Å². The zero-order chi connectivity index (χ0) is 19.2. The fourth-order valence-corrected chi connectivity index (χ4v) is 3.65. The van der Waals surface area contributed by atoms with E-state index in [0.29, 0.717) is 17.2 Å². The molecule has 0 heterocycles. The third-order valence-corrected chi connectivity index (χ3v) is 5.09. The van der Waals surface area contributed by atoms with Crippen LogP contribution in [0, 0.1) is 0 Å². The van der Waals surface area contributed by atoms with Crippen molar-refractivity contribution in [2.24, 2.45) is 0 Å². The zero-order valence-electron chi connectivity index (χ0n) is 15.5. The second-order valence-electron chi connectivity index (χ2n) is 6.65. The number of aliphatic hydroxyl groups is 1. The Kier molecular flexibility index (Phi) is 6.67. The molecule has 0 aromatic heterocycles. The standard InChI is InChI=1S/C22H24ClNO3/c1-24(12-6-14-25)13-7-15-27-22(26)20-16-8-2-4-10-18(16)21(23)19-11-5-3-9-17(19)20/h2-5,8-11,25H,6-7,12-15H2,1H3. The molecule has 142 valence electrons. The number of hydrogen-bond acceptors (Lipinski definition) is 4. The lowest BCUT2D eigenvalue weighted by Gasteiger charge is -2.16. The van der Waals surface area contributed by atoms with E-state index in [1.807, 2.05) is 55.6 Å². The number of fused-ring (bicyclic) bond motifs is 2. The number of rotatable bonds is 8. The highest BCUT2D eigenvalue weighted by Crippen LogP contribution is 2.36. The Morgan fingerprint density at radius 2 is 1.48 bits per heavy atom. The van der Waals surface area contributed by atoms with Gasteiger partial charge in [0, 0.05) is 30.5 Å². The number of esters is 1. The van der Waals surface area contributed by atoms with E-state index in [-0.39, 0.29) is 12.6 Å². The van der Waals surface area contributed by atoms with Crippen molar-refractivity contribution in [1.82, 2.24) is 4.90 Å². The molecule has 0 saturated heterocycles. The van der Waals surface area contributed by atoms with Gasteiger partial charge in [0.15, 0.2) is 0 Å². The van der Waals surface area contributed by atoms with Gasteiger partial charge in [-0.25, -0.2) is 4.79 Å². The fourth-order valence-electron chi connectivity index (χ4n) is 3.32. The summed E-state index contributed by atoms with van der Waals surface area (Å²) in [6.07, 6.45) is 1.50. The number of nitrogens with zero attached hydrogens (tertiary/aromatic N) is 1. The summed E-state index contributed by atoms with van der Waals surface area (Å²) in [5, 5.41) is 12.9. The Hall–Kier alpha value is -2.14. The average Bonchev–Trinajstić information content (AvgIpc) is 2.70. The van der Waals surface area contributed by atoms with Crippen LogP contribution < -0.4 is 0 Å². The van der Waals surface area contributed by atoms with Gasteiger partial charge in [0.1, 0.15) is 0 Å². The van der Waals surface area contributed by atoms with Crippen LogP contribution in [-0.2, 0) is 4.74 Å². The number of halogens is 1. The van der Waals surface area contributed by atoms with E-state index in [9.17, 15) is 4.79 Å². The summed E-state index contributed by atoms with van der Waals surface area (Å²) in [7, 11) is 2.00. The molecule has 0 amide bonds. The quantitative estimate of drug-likeness (QED) is 0.352. The van der Waals surface area contributed by atoms with Crippen molar-refractivity contribution >= 4 is 39.1 Å². The van der Waals surface area contributed by atoms with Crippen LogP contribution in [0.15, 0.2) is 48.5 Å². The van der Waals surface area contributed by atoms with Crippen LogP contribution in [0.1, 0.15) is 23.2 Å². The van der Waals surface area contributed by atoms with Crippen LogP contribution in [0.5, 0.6) is 0 Å². The summed E-state index contributed by atoms with van der Waals surface area (Å²) >= 11 is 6.58. The first kappa shape index (κ1) is 19.6. The molecule has 0 bridgehead atoms. The van der Waals surface area contributed by atoms with Gasteiger partial charge in [0.2, 0.25) is 0 Å². The maximum Gasteiger partial charge on any atom is 0.339 e. The summed E-state index contributed by atoms with van der Waals surface area (Å²) in [5.74, 6) is -0.322. The number of hydrogen-bond donors (Lipinski definition) is 1. The van der Waals surface area contributed by atoms with Gasteiger partial charge in [-0.1, -0.05) is 60.1 Å². The van der Waals surface area contributed by atoms with Gasteiger partial charge in [0.25, 0.3) is 0 Å². The van der Waals surface area contributed by atoms with E-state index in [1.54, 1.807) is 0 Å². The van der Waals surface area contributed by atoms with Crippen LogP contribution >= 0.6 is 11.6 Å². The highest BCUT2D eigenvalue weighted by Gasteiger charge is 2.18. The first-order chi connectivity index (χ1) is 13.1. The normalized spacial score (nSPS) is 11.4. The van der Waals surface area contributed by atoms with Gasteiger partial charge in [-0.15, -0.1) is 0 Å². The maximum atomic E-state index is 12.9. The first-order valence-electron chi connectivity index (χ1n) is 9.19. The topological polar surface area (TPSA) is 49.8 Å². The lowest BCUT2D eigenvalue weighted by atomic mass is 9.96. The molecule has 0 spiro atoms. The average molecular weight is 386 g/mol. The minimum absolute atomic E-state index is 0.191. The van der Waals surface area contributed by atoms with Crippen LogP contribution in [0.4, 0.5) is 0 Å². The Bertz CT molecular complexity index is 884. The maximum absolute atomic E-state index is 12.9. The predicted octanol–water partition coefficient (Wildman–Crippen LogP) is 4.51. The number of aliphatic hydroxyl groups excluding tert-OH is 1. The van der Waals surface area contributed by atoms with Crippen molar-refractivity contribution in [2.75, 3.05) is 33.4 Å². The Morgan fingerprint density at radius 1 is 0.963 bits per heavy atom. The van der Waals surface area contributed by atoms with E-state index in [2.05, 4.69) is 4.90 Å². The molecule has 0 fully saturated rings. The molecule has 0 aliphatic heterocycles. The minimum atomic E-state index is -0.322. The molecule has 0 aliphatic carbocycles. The number of benzene rings is 3. The van der Waals surface area contributed by atoms with Gasteiger partial charge < -0.3 is 14.7 Å². The second kappa shape index (κ2) is 9.18. The number of carbonyl (C=O) groups is 1. The fraction of sp³-hybridized carbons (Fsp3) is 0.318. The zero-order valence-corrected chi connectivity index (χ0v) is 16.2. The summed E-state index contributed by atoms with van der Waals surface area (Å²) in [4.78, 5) is 15.0. The Morgan fingerprint density at radius 3 is 2.04 bits per heavy atom. The first-order valence-corrected chi connectivity index (χ1v) is 9.56. The SMILES string of the molecule is CN(CCCO)CCCOC(=O)c1c2ccccc2c(Cl)c2ccccc12. The molecule has 0 saturated carbocycles. The molecule has 0 unspecified atom stereocenters. The van der Waals surface area contributed by atoms with Gasteiger partial charge >= 0.3 is 5.97 Å².